The van der Waals surface area contributed by atoms with Crippen LogP contribution < -0.4 is 9.46 Å². The highest BCUT2D eigenvalue weighted by molar-refractivity contribution is 7.89. The van der Waals surface area contributed by atoms with E-state index in [2.05, 4.69) is 23.5 Å². The third-order valence-corrected chi connectivity index (χ3v) is 6.27. The quantitative estimate of drug-likeness (QED) is 0.892. The van der Waals surface area contributed by atoms with Gasteiger partial charge in [-0.25, -0.2) is 13.1 Å². The van der Waals surface area contributed by atoms with E-state index in [1.807, 2.05) is 0 Å². The van der Waals surface area contributed by atoms with Crippen molar-refractivity contribution in [3.05, 3.63) is 23.8 Å². The molecule has 2 aliphatic heterocycles. The zero-order valence-electron chi connectivity index (χ0n) is 13.9. The van der Waals surface area contributed by atoms with Crippen LogP contribution in [0.25, 0.3) is 0 Å². The van der Waals surface area contributed by atoms with E-state index in [9.17, 15) is 8.42 Å². The third kappa shape index (κ3) is 3.87. The number of benzene rings is 1. The van der Waals surface area contributed by atoms with E-state index in [1.54, 1.807) is 18.2 Å². The summed E-state index contributed by atoms with van der Waals surface area (Å²) >= 11 is 0. The molecule has 0 aliphatic carbocycles. The number of fused-ring (bicyclic) bond motifs is 1. The average molecular weight is 338 g/mol. The molecule has 3 rings (SSSR count). The van der Waals surface area contributed by atoms with Crippen molar-refractivity contribution in [2.45, 2.75) is 44.0 Å². The Morgan fingerprint density at radius 2 is 2.26 bits per heavy atom. The summed E-state index contributed by atoms with van der Waals surface area (Å²) in [6, 6.07) is 5.33. The van der Waals surface area contributed by atoms with Crippen molar-refractivity contribution in [2.75, 3.05) is 26.2 Å². The highest BCUT2D eigenvalue weighted by atomic mass is 32.2. The van der Waals surface area contributed by atoms with Crippen molar-refractivity contribution in [2.24, 2.45) is 5.92 Å². The molecule has 1 aromatic rings. The molecule has 1 fully saturated rings. The van der Waals surface area contributed by atoms with Crippen LogP contribution in [-0.2, 0) is 16.4 Å². The molecule has 23 heavy (non-hydrogen) atoms. The van der Waals surface area contributed by atoms with Crippen LogP contribution in [0.4, 0.5) is 0 Å². The second-order valence-corrected chi connectivity index (χ2v) is 8.58. The van der Waals surface area contributed by atoms with Crippen molar-refractivity contribution in [1.82, 2.24) is 9.62 Å². The Hall–Kier alpha value is -1.11. The molecule has 0 saturated carbocycles. The predicted molar refractivity (Wildman–Crippen MR) is 90.3 cm³/mol. The Bertz CT molecular complexity index is 660. The minimum atomic E-state index is -3.46. The van der Waals surface area contributed by atoms with Gasteiger partial charge in [0.2, 0.25) is 10.0 Å². The number of likely N-dealkylation sites (tertiary alicyclic amines) is 1. The molecule has 5 nitrogen and oxygen atoms in total. The molecule has 0 amide bonds. The summed E-state index contributed by atoms with van der Waals surface area (Å²) in [5.74, 6) is 1.50. The Labute approximate surface area is 139 Å². The van der Waals surface area contributed by atoms with E-state index in [4.69, 9.17) is 4.74 Å². The van der Waals surface area contributed by atoms with Crippen LogP contribution in [0, 0.1) is 5.92 Å². The van der Waals surface area contributed by atoms with Crippen LogP contribution in [0.15, 0.2) is 23.1 Å². The number of piperidine rings is 1. The lowest BCUT2D eigenvalue weighted by Crippen LogP contribution is -2.46. The van der Waals surface area contributed by atoms with Crippen LogP contribution in [0.1, 0.15) is 32.3 Å². The molecule has 1 aromatic carbocycles. The van der Waals surface area contributed by atoms with Crippen LogP contribution >= 0.6 is 0 Å². The smallest absolute Gasteiger partial charge is 0.240 e. The van der Waals surface area contributed by atoms with Gasteiger partial charge in [-0.3, -0.25) is 4.90 Å². The lowest BCUT2D eigenvalue weighted by Gasteiger charge is -2.35. The molecule has 0 radical (unpaired) electrons. The van der Waals surface area contributed by atoms with Crippen LogP contribution in [-0.4, -0.2) is 45.6 Å². The SMILES string of the molecule is C[C@H]1CCCN([C@H](C)CNS(=O)(=O)c2ccc3c(c2)CCO3)C1. The molecule has 1 saturated heterocycles. The van der Waals surface area contributed by atoms with E-state index in [1.165, 1.54) is 12.8 Å². The fourth-order valence-electron chi connectivity index (χ4n) is 3.40. The first-order chi connectivity index (χ1) is 11.0. The number of nitrogens with zero attached hydrogens (tertiary/aromatic N) is 1. The highest BCUT2D eigenvalue weighted by Gasteiger charge is 2.24. The standard InChI is InChI=1S/C17H26N2O3S/c1-13-4-3-8-19(12-13)14(2)11-18-23(20,21)16-5-6-17-15(10-16)7-9-22-17/h5-6,10,13-14,18H,3-4,7-9,11-12H2,1-2H3/t13-,14+/m0/s1. The van der Waals surface area contributed by atoms with Gasteiger partial charge in [-0.05, 0) is 56.0 Å². The Morgan fingerprint density at radius 1 is 1.43 bits per heavy atom. The van der Waals surface area contributed by atoms with Gasteiger partial charge in [0.15, 0.2) is 0 Å². The number of rotatable bonds is 5. The molecule has 2 atom stereocenters. The van der Waals surface area contributed by atoms with Crippen LogP contribution in [0.2, 0.25) is 0 Å². The highest BCUT2D eigenvalue weighted by Crippen LogP contribution is 2.27. The lowest BCUT2D eigenvalue weighted by molar-refractivity contribution is 0.140. The first kappa shape index (κ1) is 16.7. The molecule has 128 valence electrons. The van der Waals surface area contributed by atoms with Crippen molar-refractivity contribution >= 4 is 10.0 Å². The molecule has 0 unspecified atom stereocenters. The zero-order valence-corrected chi connectivity index (χ0v) is 14.7. The largest absolute Gasteiger partial charge is 0.493 e. The topological polar surface area (TPSA) is 58.6 Å². The van der Waals surface area contributed by atoms with Crippen LogP contribution in [0.5, 0.6) is 5.75 Å². The lowest BCUT2D eigenvalue weighted by atomic mass is 9.99. The van der Waals surface area contributed by atoms with Gasteiger partial charge in [0.25, 0.3) is 0 Å². The zero-order chi connectivity index (χ0) is 16.4. The van der Waals surface area contributed by atoms with E-state index < -0.39 is 10.0 Å². The molecule has 0 aromatic heterocycles. The average Bonchev–Trinajstić information content (AvgIpc) is 3.00. The molecule has 0 spiro atoms. The van der Waals surface area contributed by atoms with Crippen molar-refractivity contribution in [1.29, 1.82) is 0 Å². The van der Waals surface area contributed by atoms with E-state index >= 15 is 0 Å². The van der Waals surface area contributed by atoms with E-state index in [0.717, 1.165) is 30.8 Å². The third-order valence-electron chi connectivity index (χ3n) is 4.85. The fraction of sp³-hybridized carbons (Fsp3) is 0.647. The molecule has 2 heterocycles. The predicted octanol–water partition coefficient (Wildman–Crippen LogP) is 2.02. The molecule has 1 N–H and O–H groups in total. The number of ether oxygens (including phenoxy) is 1. The van der Waals surface area contributed by atoms with Crippen LogP contribution in [0.3, 0.4) is 0 Å². The second-order valence-electron chi connectivity index (χ2n) is 6.81. The number of nitrogens with one attached hydrogen (secondary N) is 1. The van der Waals surface area contributed by atoms with Crippen molar-refractivity contribution in [3.63, 3.8) is 0 Å². The summed E-state index contributed by atoms with van der Waals surface area (Å²) in [7, 11) is -3.46. The first-order valence-corrected chi connectivity index (χ1v) is 9.93. The Morgan fingerprint density at radius 3 is 3.04 bits per heavy atom. The van der Waals surface area contributed by atoms with Gasteiger partial charge >= 0.3 is 0 Å². The number of hydrogen-bond acceptors (Lipinski definition) is 4. The monoisotopic (exact) mass is 338 g/mol. The maximum absolute atomic E-state index is 12.5. The minimum absolute atomic E-state index is 0.213. The number of sulfonamides is 1. The first-order valence-electron chi connectivity index (χ1n) is 8.45. The van der Waals surface area contributed by atoms with Gasteiger partial charge < -0.3 is 4.74 Å². The molecular formula is C17H26N2O3S. The van der Waals surface area contributed by atoms with Crippen molar-refractivity contribution in [3.8, 4) is 5.75 Å². The summed E-state index contributed by atoms with van der Waals surface area (Å²) in [4.78, 5) is 2.72. The summed E-state index contributed by atoms with van der Waals surface area (Å²) in [5.41, 5.74) is 0.978. The Balaban J connectivity index is 1.62. The fourth-order valence-corrected chi connectivity index (χ4v) is 4.57. The summed E-state index contributed by atoms with van der Waals surface area (Å²) in [6.45, 7) is 7.55. The Kier molecular flexibility index (Phi) is 4.94. The van der Waals surface area contributed by atoms with Gasteiger partial charge in [-0.15, -0.1) is 0 Å². The summed E-state index contributed by atoms with van der Waals surface area (Å²) in [6.07, 6.45) is 3.25. The maximum Gasteiger partial charge on any atom is 0.240 e. The maximum atomic E-state index is 12.5. The molecule has 6 heteroatoms. The van der Waals surface area contributed by atoms with Gasteiger partial charge in [0.05, 0.1) is 11.5 Å². The molecule has 2 aliphatic rings. The van der Waals surface area contributed by atoms with Gasteiger partial charge in [-0.1, -0.05) is 6.92 Å². The summed E-state index contributed by atoms with van der Waals surface area (Å²) < 4.78 is 33.2. The number of hydrogen-bond donors (Lipinski definition) is 1. The van der Waals surface area contributed by atoms with E-state index in [0.29, 0.717) is 24.0 Å². The van der Waals surface area contributed by atoms with E-state index in [-0.39, 0.29) is 6.04 Å². The second kappa shape index (κ2) is 6.79. The summed E-state index contributed by atoms with van der Waals surface area (Å²) in [5, 5.41) is 0. The minimum Gasteiger partial charge on any atom is -0.493 e. The van der Waals surface area contributed by atoms with Gasteiger partial charge in [0, 0.05) is 25.6 Å². The normalized spacial score (nSPS) is 23.3. The van der Waals surface area contributed by atoms with Crippen molar-refractivity contribution < 1.29 is 13.2 Å². The van der Waals surface area contributed by atoms with Gasteiger partial charge in [0.1, 0.15) is 5.75 Å². The van der Waals surface area contributed by atoms with Gasteiger partial charge in [-0.2, -0.15) is 0 Å². The molecular weight excluding hydrogens is 312 g/mol. The molecule has 0 bridgehead atoms.